The molecular formula is C16H17ClN2O3S2. The summed E-state index contributed by atoms with van der Waals surface area (Å²) >= 11 is 9.42. The maximum absolute atomic E-state index is 11.1. The molecule has 1 aromatic carbocycles. The van der Waals surface area contributed by atoms with Gasteiger partial charge in [0.2, 0.25) is 5.91 Å². The first-order chi connectivity index (χ1) is 11.5. The first kappa shape index (κ1) is 17.4. The van der Waals surface area contributed by atoms with Crippen LogP contribution in [0.25, 0.3) is 0 Å². The van der Waals surface area contributed by atoms with Crippen LogP contribution in [0.5, 0.6) is 11.5 Å². The molecule has 0 saturated carbocycles. The van der Waals surface area contributed by atoms with E-state index < -0.39 is 0 Å². The number of nitrogens with two attached hydrogens (primary N) is 1. The average molecular weight is 385 g/mol. The molecule has 0 saturated heterocycles. The topological polar surface area (TPSA) is 74.4 Å². The molecule has 2 aromatic rings. The Labute approximate surface area is 153 Å². The van der Waals surface area contributed by atoms with Gasteiger partial charge in [-0.3, -0.25) is 4.79 Å². The van der Waals surface area contributed by atoms with Crippen LogP contribution in [0.4, 0.5) is 0 Å². The predicted octanol–water partition coefficient (Wildman–Crippen LogP) is 3.59. The number of hydrogen-bond acceptors (Lipinski definition) is 6. The Morgan fingerprint density at radius 3 is 3.00 bits per heavy atom. The summed E-state index contributed by atoms with van der Waals surface area (Å²) in [4.78, 5) is 16.5. The standard InChI is InChI=1S/C16H17ClN2O3S2/c1-9-13(7-14(18)20)24-16(19-9)23-8-10-5-11(17)15-12(6-10)21-3-2-4-22-15/h5-6H,2-4,7-8H2,1H3,(H2,18,20). The first-order valence-electron chi connectivity index (χ1n) is 7.48. The molecule has 128 valence electrons. The predicted molar refractivity (Wildman–Crippen MR) is 96.4 cm³/mol. The molecular weight excluding hydrogens is 368 g/mol. The zero-order chi connectivity index (χ0) is 17.1. The highest BCUT2D eigenvalue weighted by Gasteiger charge is 2.16. The van der Waals surface area contributed by atoms with E-state index in [1.165, 1.54) is 11.3 Å². The summed E-state index contributed by atoms with van der Waals surface area (Å²) < 4.78 is 12.3. The van der Waals surface area contributed by atoms with Gasteiger partial charge in [-0.25, -0.2) is 4.98 Å². The number of carbonyl (C=O) groups excluding carboxylic acids is 1. The van der Waals surface area contributed by atoms with Gasteiger partial charge in [-0.2, -0.15) is 0 Å². The van der Waals surface area contributed by atoms with E-state index in [4.69, 9.17) is 26.8 Å². The van der Waals surface area contributed by atoms with Crippen LogP contribution in [-0.4, -0.2) is 24.1 Å². The molecule has 0 fully saturated rings. The van der Waals surface area contributed by atoms with E-state index in [0.29, 0.717) is 35.5 Å². The molecule has 0 atom stereocenters. The van der Waals surface area contributed by atoms with Crippen molar-refractivity contribution in [1.82, 2.24) is 4.98 Å². The van der Waals surface area contributed by atoms with Crippen LogP contribution in [0.15, 0.2) is 16.5 Å². The molecule has 2 heterocycles. The zero-order valence-electron chi connectivity index (χ0n) is 13.1. The second kappa shape index (κ2) is 7.63. The quantitative estimate of drug-likeness (QED) is 0.797. The fraction of sp³-hybridized carbons (Fsp3) is 0.375. The SMILES string of the molecule is Cc1nc(SCc2cc(Cl)c3c(c2)OCCCO3)sc1CC(N)=O. The second-order valence-electron chi connectivity index (χ2n) is 5.38. The van der Waals surface area contributed by atoms with Gasteiger partial charge >= 0.3 is 0 Å². The summed E-state index contributed by atoms with van der Waals surface area (Å²) in [5.41, 5.74) is 7.15. The maximum Gasteiger partial charge on any atom is 0.222 e. The number of benzene rings is 1. The third-order valence-corrected chi connectivity index (χ3v) is 6.08. The Morgan fingerprint density at radius 2 is 2.21 bits per heavy atom. The number of fused-ring (bicyclic) bond motifs is 1. The van der Waals surface area contributed by atoms with Gasteiger partial charge in [0.25, 0.3) is 0 Å². The summed E-state index contributed by atoms with van der Waals surface area (Å²) in [5.74, 6) is 1.68. The van der Waals surface area contributed by atoms with Crippen molar-refractivity contribution in [3.8, 4) is 11.5 Å². The fourth-order valence-electron chi connectivity index (χ4n) is 2.30. The number of nitrogens with zero attached hydrogens (tertiary/aromatic N) is 1. The monoisotopic (exact) mass is 384 g/mol. The minimum Gasteiger partial charge on any atom is -0.489 e. The van der Waals surface area contributed by atoms with E-state index in [2.05, 4.69) is 4.98 Å². The average Bonchev–Trinajstić information content (AvgIpc) is 2.73. The zero-order valence-corrected chi connectivity index (χ0v) is 15.5. The highest BCUT2D eigenvalue weighted by molar-refractivity contribution is 8.00. The van der Waals surface area contributed by atoms with Crippen LogP contribution in [0.3, 0.4) is 0 Å². The van der Waals surface area contributed by atoms with Crippen molar-refractivity contribution < 1.29 is 14.3 Å². The number of hydrogen-bond donors (Lipinski definition) is 1. The number of amides is 1. The molecule has 1 aliphatic rings. The van der Waals surface area contributed by atoms with Crippen molar-refractivity contribution in [2.24, 2.45) is 5.73 Å². The number of primary amides is 1. The smallest absolute Gasteiger partial charge is 0.222 e. The summed E-state index contributed by atoms with van der Waals surface area (Å²) in [6.45, 7) is 3.13. The van der Waals surface area contributed by atoms with Gasteiger partial charge in [0, 0.05) is 17.1 Å². The van der Waals surface area contributed by atoms with Gasteiger partial charge in [0.15, 0.2) is 15.8 Å². The Kier molecular flexibility index (Phi) is 5.53. The van der Waals surface area contributed by atoms with E-state index in [9.17, 15) is 4.79 Å². The van der Waals surface area contributed by atoms with E-state index >= 15 is 0 Å². The van der Waals surface area contributed by atoms with Gasteiger partial charge in [-0.05, 0) is 24.6 Å². The number of carbonyl (C=O) groups is 1. The molecule has 1 aromatic heterocycles. The lowest BCUT2D eigenvalue weighted by Crippen LogP contribution is -2.13. The van der Waals surface area contributed by atoms with E-state index in [1.807, 2.05) is 19.1 Å². The molecule has 0 spiro atoms. The van der Waals surface area contributed by atoms with Crippen molar-refractivity contribution in [3.63, 3.8) is 0 Å². The Balaban J connectivity index is 1.72. The van der Waals surface area contributed by atoms with E-state index in [-0.39, 0.29) is 12.3 Å². The number of aryl methyl sites for hydroxylation is 1. The minimum atomic E-state index is -0.340. The normalized spacial score (nSPS) is 13.6. The number of rotatable bonds is 5. The molecule has 8 heteroatoms. The minimum absolute atomic E-state index is 0.236. The van der Waals surface area contributed by atoms with E-state index in [1.54, 1.807) is 11.8 Å². The fourth-order valence-corrected chi connectivity index (χ4v) is 4.76. The summed E-state index contributed by atoms with van der Waals surface area (Å²) in [6.07, 6.45) is 1.08. The van der Waals surface area contributed by atoms with Gasteiger partial charge in [0.1, 0.15) is 0 Å². The lowest BCUT2D eigenvalue weighted by atomic mass is 10.2. The number of thiazole rings is 1. The van der Waals surface area contributed by atoms with Crippen LogP contribution < -0.4 is 15.2 Å². The first-order valence-corrected chi connectivity index (χ1v) is 9.66. The van der Waals surface area contributed by atoms with Crippen molar-refractivity contribution >= 4 is 40.6 Å². The summed E-state index contributed by atoms with van der Waals surface area (Å²) in [6, 6.07) is 3.86. The Hall–Kier alpha value is -1.44. The maximum atomic E-state index is 11.1. The van der Waals surface area contributed by atoms with Gasteiger partial charge < -0.3 is 15.2 Å². The lowest BCUT2D eigenvalue weighted by molar-refractivity contribution is -0.117. The number of aromatic nitrogens is 1. The molecule has 5 nitrogen and oxygen atoms in total. The molecule has 0 radical (unpaired) electrons. The second-order valence-corrected chi connectivity index (χ2v) is 8.09. The van der Waals surface area contributed by atoms with Gasteiger partial charge in [0.05, 0.1) is 30.4 Å². The third kappa shape index (κ3) is 4.15. The largest absolute Gasteiger partial charge is 0.489 e. The molecule has 2 N–H and O–H groups in total. The molecule has 0 unspecified atom stereocenters. The molecule has 0 bridgehead atoms. The number of thioether (sulfide) groups is 1. The number of ether oxygens (including phenoxy) is 2. The summed E-state index contributed by atoms with van der Waals surface area (Å²) in [5, 5.41) is 0.565. The third-order valence-electron chi connectivity index (χ3n) is 3.43. The van der Waals surface area contributed by atoms with Gasteiger partial charge in [-0.15, -0.1) is 11.3 Å². The van der Waals surface area contributed by atoms with Crippen LogP contribution in [0.2, 0.25) is 5.02 Å². The molecule has 1 aliphatic heterocycles. The van der Waals surface area contributed by atoms with Crippen molar-refractivity contribution in [1.29, 1.82) is 0 Å². The molecule has 0 aliphatic carbocycles. The highest BCUT2D eigenvalue weighted by Crippen LogP contribution is 2.39. The summed E-state index contributed by atoms with van der Waals surface area (Å²) in [7, 11) is 0. The lowest BCUT2D eigenvalue weighted by Gasteiger charge is -2.11. The molecule has 24 heavy (non-hydrogen) atoms. The van der Waals surface area contributed by atoms with Crippen LogP contribution in [-0.2, 0) is 17.0 Å². The van der Waals surface area contributed by atoms with Crippen molar-refractivity contribution in [3.05, 3.63) is 33.3 Å². The van der Waals surface area contributed by atoms with Crippen molar-refractivity contribution in [2.75, 3.05) is 13.2 Å². The van der Waals surface area contributed by atoms with Crippen LogP contribution >= 0.6 is 34.7 Å². The van der Waals surface area contributed by atoms with Crippen LogP contribution in [0, 0.1) is 6.92 Å². The number of halogens is 1. The van der Waals surface area contributed by atoms with Crippen molar-refractivity contribution in [2.45, 2.75) is 29.9 Å². The highest BCUT2D eigenvalue weighted by atomic mass is 35.5. The Morgan fingerprint density at radius 1 is 1.42 bits per heavy atom. The van der Waals surface area contributed by atoms with Gasteiger partial charge in [-0.1, -0.05) is 23.4 Å². The molecule has 1 amide bonds. The Bertz CT molecular complexity index is 764. The van der Waals surface area contributed by atoms with Crippen LogP contribution in [0.1, 0.15) is 22.6 Å². The van der Waals surface area contributed by atoms with E-state index in [0.717, 1.165) is 26.9 Å². The molecule has 3 rings (SSSR count).